The third-order valence-electron chi connectivity index (χ3n) is 7.54. The van der Waals surface area contributed by atoms with E-state index in [1.165, 1.54) is 18.2 Å². The van der Waals surface area contributed by atoms with E-state index in [4.69, 9.17) is 4.98 Å². The Morgan fingerprint density at radius 2 is 1.89 bits per heavy atom. The molecule has 0 radical (unpaired) electrons. The van der Waals surface area contributed by atoms with Crippen LogP contribution in [0.2, 0.25) is 0 Å². The summed E-state index contributed by atoms with van der Waals surface area (Å²) in [5, 5.41) is 25.7. The van der Waals surface area contributed by atoms with E-state index >= 15 is 0 Å². The number of benzene rings is 1. The number of nitrogens with one attached hydrogen (secondary N) is 1. The molecule has 0 spiro atoms. The van der Waals surface area contributed by atoms with Crippen molar-refractivity contribution in [1.29, 1.82) is 0 Å². The summed E-state index contributed by atoms with van der Waals surface area (Å²) < 4.78 is 31.1. The first kappa shape index (κ1) is 23.5. The molecule has 3 aromatic heterocycles. The van der Waals surface area contributed by atoms with Crippen molar-refractivity contribution in [3.05, 3.63) is 70.9 Å². The number of H-pyrrole nitrogens is 1. The topological polar surface area (TPSA) is 113 Å². The van der Waals surface area contributed by atoms with Crippen molar-refractivity contribution in [3.8, 4) is 22.9 Å². The Morgan fingerprint density at radius 3 is 2.61 bits per heavy atom. The molecule has 8 nitrogen and oxygen atoms in total. The number of hydrogen-bond donors (Lipinski definition) is 2. The number of aromatic amines is 1. The summed E-state index contributed by atoms with van der Waals surface area (Å²) in [5.74, 6) is -0.149. The van der Waals surface area contributed by atoms with E-state index in [1.54, 1.807) is 13.1 Å². The van der Waals surface area contributed by atoms with Crippen molar-refractivity contribution < 1.29 is 35.1 Å². The van der Waals surface area contributed by atoms with Gasteiger partial charge in [-0.1, -0.05) is 0 Å². The Kier molecular flexibility index (Phi) is 5.41. The number of aliphatic hydroxyl groups excluding tert-OH is 1. The first-order chi connectivity index (χ1) is 17.2. The van der Waals surface area contributed by atoms with Crippen molar-refractivity contribution in [2.45, 2.75) is 38.2 Å². The molecule has 1 aromatic carbocycles. The Bertz CT molecular complexity index is 1470. The number of alkyl halides is 2. The Balaban J connectivity index is 1.51. The van der Waals surface area contributed by atoms with Crippen LogP contribution in [0.1, 0.15) is 55.6 Å². The molecule has 11 heteroatoms. The monoisotopic (exact) mass is 602 g/mol. The second kappa shape index (κ2) is 8.30. The molecule has 0 saturated carbocycles. The van der Waals surface area contributed by atoms with Gasteiger partial charge in [0.25, 0.3) is 0 Å². The van der Waals surface area contributed by atoms with Gasteiger partial charge in [0.15, 0.2) is 0 Å². The maximum absolute atomic E-state index is 14.6. The van der Waals surface area contributed by atoms with E-state index < -0.39 is 23.2 Å². The van der Waals surface area contributed by atoms with Crippen molar-refractivity contribution in [2.24, 2.45) is 5.41 Å². The van der Waals surface area contributed by atoms with E-state index in [2.05, 4.69) is 44.2 Å². The van der Waals surface area contributed by atoms with Crippen LogP contribution in [0.15, 0.2) is 36.5 Å². The third kappa shape index (κ3) is 3.24. The zero-order valence-electron chi connectivity index (χ0n) is 19.8. The molecule has 1 saturated heterocycles. The minimum absolute atomic E-state index is 0.154. The van der Waals surface area contributed by atoms with Gasteiger partial charge in [0.2, 0.25) is 0 Å². The number of aromatic nitrogens is 7. The molecule has 36 heavy (non-hydrogen) atoms. The van der Waals surface area contributed by atoms with E-state index in [1.807, 2.05) is 12.1 Å². The summed E-state index contributed by atoms with van der Waals surface area (Å²) in [6.07, 6.45) is 0.901. The predicted octanol–water partition coefficient (Wildman–Crippen LogP) is 0.562. The molecule has 1 fully saturated rings. The minimum atomic E-state index is -0.790. The van der Waals surface area contributed by atoms with Gasteiger partial charge in [-0.25, -0.2) is 0 Å². The van der Waals surface area contributed by atoms with Gasteiger partial charge >= 0.3 is 217 Å². The summed E-state index contributed by atoms with van der Waals surface area (Å²) in [4.78, 5) is 13.6. The van der Waals surface area contributed by atoms with Gasteiger partial charge < -0.3 is 0 Å². The second-order valence-corrected chi connectivity index (χ2v) is 12.5. The van der Waals surface area contributed by atoms with Gasteiger partial charge in [-0.2, -0.15) is 0 Å². The molecule has 0 amide bonds. The van der Waals surface area contributed by atoms with Crippen LogP contribution in [-0.4, -0.2) is 49.3 Å². The fraction of sp³-hybridized carbons (Fsp3) is 0.360. The van der Waals surface area contributed by atoms with Gasteiger partial charge in [0.1, 0.15) is 0 Å². The van der Waals surface area contributed by atoms with Crippen LogP contribution in [0.3, 0.4) is 0 Å². The summed E-state index contributed by atoms with van der Waals surface area (Å²) >= 11 is -0.181. The number of fused-ring (bicyclic) bond motifs is 5. The van der Waals surface area contributed by atoms with E-state index in [9.17, 15) is 13.9 Å². The average molecular weight is 602 g/mol. The molecular formula is C25H23F2IN7O-. The third-order valence-corrected chi connectivity index (χ3v) is 10.7. The normalized spacial score (nSPS) is 23.1. The van der Waals surface area contributed by atoms with Crippen LogP contribution in [0, 0.1) is 17.0 Å². The first-order valence-corrected chi connectivity index (χ1v) is 14.6. The van der Waals surface area contributed by atoms with Crippen molar-refractivity contribution >= 4 is 0 Å². The molecule has 1 aliphatic carbocycles. The van der Waals surface area contributed by atoms with E-state index in [0.29, 0.717) is 17.5 Å². The second-order valence-electron chi connectivity index (χ2n) is 9.77. The van der Waals surface area contributed by atoms with Crippen LogP contribution in [0.5, 0.6) is 0 Å². The Morgan fingerprint density at radius 1 is 1.11 bits per heavy atom. The Hall–Kier alpha value is -2.93. The maximum atomic E-state index is 14.6. The molecule has 2 bridgehead atoms. The van der Waals surface area contributed by atoms with Crippen LogP contribution >= 0.6 is 0 Å². The molecule has 2 aliphatic rings. The number of rotatable bonds is 4. The SMILES string of the molecule is C[C@@H](O)c1nc(-c2nccc([C@@]34C[I-]C[C@@H](c5cc(-c6c(F)cccc6F)nnc53)C4(C)C)n2)n[nH]1. The summed E-state index contributed by atoms with van der Waals surface area (Å²) in [6.45, 7) is 6.03. The van der Waals surface area contributed by atoms with Crippen LogP contribution in [0.25, 0.3) is 22.9 Å². The zero-order valence-corrected chi connectivity index (χ0v) is 22.0. The standard InChI is InChI=1S/C25H23F2IN7O/c1-12(36)21-31-23(35-34-21)22-29-8-7-18(30-22)25-11-28-10-14(24(25,2)3)13-9-17(32-33-20(13)25)19-15(26)5-4-6-16(19)27/h4-9,12,14,36H,10-11H2,1-3H3,(H,31,34,35)/q-1/t12-,14+,25+/m1/s1. The molecule has 6 rings (SSSR count). The van der Waals surface area contributed by atoms with Gasteiger partial charge in [-0.05, 0) is 0 Å². The predicted molar refractivity (Wildman–Crippen MR) is 122 cm³/mol. The van der Waals surface area contributed by atoms with Gasteiger partial charge in [-0.15, -0.1) is 0 Å². The van der Waals surface area contributed by atoms with Crippen molar-refractivity contribution in [2.75, 3.05) is 8.86 Å². The molecule has 2 N–H and O–H groups in total. The van der Waals surface area contributed by atoms with E-state index in [0.717, 1.165) is 25.8 Å². The Labute approximate surface area is 216 Å². The number of nitrogens with zero attached hydrogens (tertiary/aromatic N) is 6. The molecular weight excluding hydrogens is 579 g/mol. The summed E-state index contributed by atoms with van der Waals surface area (Å²) in [5.41, 5.74) is 1.89. The fourth-order valence-electron chi connectivity index (χ4n) is 5.46. The fourth-order valence-corrected chi connectivity index (χ4v) is 10.5. The van der Waals surface area contributed by atoms with Crippen LogP contribution in [0.4, 0.5) is 8.78 Å². The summed E-state index contributed by atoms with van der Waals surface area (Å²) in [6, 6.07) is 7.53. The zero-order chi connectivity index (χ0) is 25.2. The molecule has 1 aliphatic heterocycles. The number of halogens is 3. The quantitative estimate of drug-likeness (QED) is 0.260. The average Bonchev–Trinajstić information content (AvgIpc) is 3.35. The van der Waals surface area contributed by atoms with Crippen LogP contribution in [-0.2, 0) is 5.41 Å². The molecule has 186 valence electrons. The van der Waals surface area contributed by atoms with Crippen molar-refractivity contribution in [1.82, 2.24) is 35.3 Å². The van der Waals surface area contributed by atoms with E-state index in [-0.39, 0.29) is 43.8 Å². The van der Waals surface area contributed by atoms with Crippen LogP contribution < -0.4 is 21.2 Å². The first-order valence-electron chi connectivity index (χ1n) is 11.5. The molecule has 4 heterocycles. The summed E-state index contributed by atoms with van der Waals surface area (Å²) in [7, 11) is 0. The number of hydrogen-bond acceptors (Lipinski definition) is 7. The van der Waals surface area contributed by atoms with Gasteiger partial charge in [0, 0.05) is 0 Å². The van der Waals surface area contributed by atoms with Gasteiger partial charge in [-0.3, -0.25) is 0 Å². The molecule has 4 aromatic rings. The molecule has 0 unspecified atom stereocenters. The van der Waals surface area contributed by atoms with Gasteiger partial charge in [0.05, 0.1) is 0 Å². The number of aliphatic hydroxyl groups is 1. The van der Waals surface area contributed by atoms with Crippen molar-refractivity contribution in [3.63, 3.8) is 0 Å². The molecule has 3 atom stereocenters.